The van der Waals surface area contributed by atoms with Gasteiger partial charge in [0.1, 0.15) is 40.3 Å². The van der Waals surface area contributed by atoms with Gasteiger partial charge >= 0.3 is 6.01 Å². The molecule has 0 unspecified atom stereocenters. The molecule has 184 valence electrons. The molecule has 36 heavy (non-hydrogen) atoms. The van der Waals surface area contributed by atoms with Crippen molar-refractivity contribution in [2.24, 2.45) is 10.7 Å². The molecular weight excluding hydrogens is 460 g/mol. The molecule has 0 aliphatic carbocycles. The van der Waals surface area contributed by atoms with E-state index in [0.29, 0.717) is 46.4 Å². The van der Waals surface area contributed by atoms with E-state index in [2.05, 4.69) is 29.8 Å². The highest BCUT2D eigenvalue weighted by Gasteiger charge is 2.18. The number of aryl methyl sites for hydroxylation is 1. The lowest BCUT2D eigenvalue weighted by molar-refractivity contribution is 0.337. The number of H-pyrrole nitrogens is 1. The molecule has 4 N–H and O–H groups in total. The van der Waals surface area contributed by atoms with Crippen LogP contribution >= 0.6 is 0 Å². The summed E-state index contributed by atoms with van der Waals surface area (Å²) in [5.41, 5.74) is 8.04. The van der Waals surface area contributed by atoms with Crippen LogP contribution in [0.25, 0.3) is 11.2 Å². The number of aromatic amines is 1. The number of fused-ring (bicyclic) bond motifs is 1. The summed E-state index contributed by atoms with van der Waals surface area (Å²) >= 11 is 0. The van der Waals surface area contributed by atoms with Crippen molar-refractivity contribution in [1.29, 1.82) is 5.41 Å². The van der Waals surface area contributed by atoms with Gasteiger partial charge in [-0.15, -0.1) is 0 Å². The number of benzene rings is 2. The lowest BCUT2D eigenvalue weighted by Crippen LogP contribution is -2.23. The second-order valence-electron chi connectivity index (χ2n) is 8.23. The van der Waals surface area contributed by atoms with Gasteiger partial charge in [0.15, 0.2) is 5.65 Å². The van der Waals surface area contributed by atoms with Crippen LogP contribution in [0.15, 0.2) is 47.5 Å². The number of likely N-dealkylation sites (N-methyl/N-ethyl adjacent to an activating group) is 1. The van der Waals surface area contributed by atoms with E-state index in [1.807, 2.05) is 45.2 Å². The predicted molar refractivity (Wildman–Crippen MR) is 136 cm³/mol. The van der Waals surface area contributed by atoms with Crippen molar-refractivity contribution < 1.29 is 14.2 Å². The van der Waals surface area contributed by atoms with Crippen LogP contribution in [0, 0.1) is 12.3 Å². The van der Waals surface area contributed by atoms with Crippen LogP contribution in [-0.2, 0) is 0 Å². The van der Waals surface area contributed by atoms with E-state index < -0.39 is 0 Å². The molecule has 4 aromatic rings. The number of nitrogens with zero attached hydrogens (tertiary/aromatic N) is 5. The van der Waals surface area contributed by atoms with Crippen LogP contribution in [0.2, 0.25) is 0 Å². The summed E-state index contributed by atoms with van der Waals surface area (Å²) in [5, 5.41) is 7.82. The number of nitrogen functional groups attached to an aromatic ring is 1. The molecule has 2 aromatic heterocycles. The third-order valence-electron chi connectivity index (χ3n) is 5.49. The molecule has 1 aliphatic rings. The van der Waals surface area contributed by atoms with Gasteiger partial charge in [-0.25, -0.2) is 4.98 Å². The first-order valence-electron chi connectivity index (χ1n) is 11.5. The zero-order valence-corrected chi connectivity index (χ0v) is 20.2. The lowest BCUT2D eigenvalue weighted by atomic mass is 10.2. The fourth-order valence-corrected chi connectivity index (χ4v) is 3.88. The molecule has 11 nitrogen and oxygen atoms in total. The number of imidazole rings is 1. The summed E-state index contributed by atoms with van der Waals surface area (Å²) in [4.78, 5) is 23.2. The second kappa shape index (κ2) is 9.53. The van der Waals surface area contributed by atoms with Crippen molar-refractivity contribution in [3.8, 4) is 29.1 Å². The Kier molecular flexibility index (Phi) is 6.11. The molecule has 3 heterocycles. The SMILES string of the molecule is CCOc1cc(Oc2nc(Oc3cccc(C4=NCCN4C)c3)nc3nc(C)[nH]c23)cc(C(=N)N)c1. The van der Waals surface area contributed by atoms with Crippen LogP contribution in [0.3, 0.4) is 0 Å². The van der Waals surface area contributed by atoms with E-state index in [9.17, 15) is 0 Å². The summed E-state index contributed by atoms with van der Waals surface area (Å²) in [6, 6.07) is 12.7. The first kappa shape index (κ1) is 23.1. The van der Waals surface area contributed by atoms with Crippen molar-refractivity contribution in [3.05, 3.63) is 59.4 Å². The third-order valence-corrected chi connectivity index (χ3v) is 5.49. The molecule has 0 radical (unpaired) electrons. The van der Waals surface area contributed by atoms with Crippen molar-refractivity contribution >= 4 is 22.8 Å². The molecule has 5 rings (SSSR count). The van der Waals surface area contributed by atoms with E-state index in [1.54, 1.807) is 18.2 Å². The molecule has 0 amide bonds. The molecule has 0 spiro atoms. The van der Waals surface area contributed by atoms with Crippen LogP contribution in [-0.4, -0.2) is 63.3 Å². The third kappa shape index (κ3) is 4.76. The van der Waals surface area contributed by atoms with E-state index in [0.717, 1.165) is 24.5 Å². The van der Waals surface area contributed by atoms with E-state index in [4.69, 9.17) is 25.4 Å². The Morgan fingerprint density at radius 1 is 1.08 bits per heavy atom. The molecule has 11 heteroatoms. The maximum Gasteiger partial charge on any atom is 0.327 e. The molecular formula is C25H26N8O3. The van der Waals surface area contributed by atoms with Crippen LogP contribution in [0.1, 0.15) is 23.9 Å². The van der Waals surface area contributed by atoms with Gasteiger partial charge in [-0.1, -0.05) is 12.1 Å². The molecule has 0 saturated heterocycles. The standard InChI is InChI=1S/C25H26N8O3/c1-4-34-18-11-16(21(26)27)12-19(13-18)35-24-20-22(30-14(2)29-20)31-25(32-24)36-17-7-5-6-15(10-17)23-28-8-9-33(23)3/h5-7,10-13H,4,8-9H2,1-3H3,(H3,26,27)(H,29,30,31,32). The van der Waals surface area contributed by atoms with Crippen LogP contribution in [0.4, 0.5) is 0 Å². The number of ether oxygens (including phenoxy) is 3. The number of aliphatic imine (C=N–C) groups is 1. The number of hydrogen-bond acceptors (Lipinski definition) is 9. The minimum atomic E-state index is -0.104. The van der Waals surface area contributed by atoms with Gasteiger partial charge in [-0.2, -0.15) is 9.97 Å². The fourth-order valence-electron chi connectivity index (χ4n) is 3.88. The number of aromatic nitrogens is 4. The predicted octanol–water partition coefficient (Wildman–Crippen LogP) is 3.62. The Hall–Kier alpha value is -4.67. The first-order valence-corrected chi connectivity index (χ1v) is 11.5. The van der Waals surface area contributed by atoms with Gasteiger partial charge in [-0.3, -0.25) is 10.4 Å². The first-order chi connectivity index (χ1) is 17.4. The van der Waals surface area contributed by atoms with Gasteiger partial charge in [-0.05, 0) is 38.1 Å². The van der Waals surface area contributed by atoms with E-state index in [-0.39, 0.29) is 17.7 Å². The van der Waals surface area contributed by atoms with Gasteiger partial charge in [0.05, 0.1) is 13.2 Å². The number of hydrogen-bond donors (Lipinski definition) is 3. The minimum absolute atomic E-state index is 0.0793. The highest BCUT2D eigenvalue weighted by Crippen LogP contribution is 2.32. The highest BCUT2D eigenvalue weighted by atomic mass is 16.5. The Morgan fingerprint density at radius 2 is 1.92 bits per heavy atom. The van der Waals surface area contributed by atoms with Gasteiger partial charge in [0.25, 0.3) is 5.88 Å². The van der Waals surface area contributed by atoms with E-state index >= 15 is 0 Å². The van der Waals surface area contributed by atoms with Crippen molar-refractivity contribution in [3.63, 3.8) is 0 Å². The average molecular weight is 487 g/mol. The zero-order chi connectivity index (χ0) is 25.2. The van der Waals surface area contributed by atoms with E-state index in [1.165, 1.54) is 0 Å². The summed E-state index contributed by atoms with van der Waals surface area (Å²) in [7, 11) is 2.01. The summed E-state index contributed by atoms with van der Waals surface area (Å²) in [6.45, 7) is 5.80. The van der Waals surface area contributed by atoms with Crippen LogP contribution < -0.4 is 19.9 Å². The maximum atomic E-state index is 7.82. The molecule has 0 saturated carbocycles. The molecule has 1 aliphatic heterocycles. The van der Waals surface area contributed by atoms with Crippen molar-refractivity contribution in [2.75, 3.05) is 26.7 Å². The number of nitrogens with one attached hydrogen (secondary N) is 2. The highest BCUT2D eigenvalue weighted by molar-refractivity contribution is 6.00. The number of amidine groups is 2. The average Bonchev–Trinajstić information content (AvgIpc) is 3.44. The van der Waals surface area contributed by atoms with Gasteiger partial charge in [0.2, 0.25) is 0 Å². The summed E-state index contributed by atoms with van der Waals surface area (Å²) < 4.78 is 17.8. The summed E-state index contributed by atoms with van der Waals surface area (Å²) in [5.74, 6) is 3.17. The topological polar surface area (TPSA) is 148 Å². The summed E-state index contributed by atoms with van der Waals surface area (Å²) in [6.07, 6.45) is 0. The van der Waals surface area contributed by atoms with Crippen LogP contribution in [0.5, 0.6) is 29.1 Å². The number of rotatable bonds is 8. The van der Waals surface area contributed by atoms with Crippen molar-refractivity contribution in [1.82, 2.24) is 24.8 Å². The number of nitrogens with two attached hydrogens (primary N) is 1. The normalized spacial score (nSPS) is 13.1. The van der Waals surface area contributed by atoms with Gasteiger partial charge < -0.3 is 29.8 Å². The quantitative estimate of drug-likeness (QED) is 0.253. The van der Waals surface area contributed by atoms with Crippen molar-refractivity contribution in [2.45, 2.75) is 13.8 Å². The monoisotopic (exact) mass is 486 g/mol. The smallest absolute Gasteiger partial charge is 0.327 e. The second-order valence-corrected chi connectivity index (χ2v) is 8.23. The Morgan fingerprint density at radius 3 is 2.67 bits per heavy atom. The largest absolute Gasteiger partial charge is 0.494 e. The Bertz CT molecular complexity index is 1480. The molecule has 0 bridgehead atoms. The fraction of sp³-hybridized carbons (Fsp3) is 0.240. The molecule has 0 atom stereocenters. The zero-order valence-electron chi connectivity index (χ0n) is 20.2. The molecule has 0 fully saturated rings. The minimum Gasteiger partial charge on any atom is -0.494 e. The maximum absolute atomic E-state index is 7.82. The Labute approximate surface area is 207 Å². The lowest BCUT2D eigenvalue weighted by Gasteiger charge is -2.14. The molecule has 2 aromatic carbocycles. The Balaban J connectivity index is 1.50. The van der Waals surface area contributed by atoms with Gasteiger partial charge in [0, 0.05) is 30.8 Å².